The molecule has 20 heavy (non-hydrogen) atoms. The smallest absolute Gasteiger partial charge is 0.237 e. The van der Waals surface area contributed by atoms with Crippen molar-refractivity contribution in [2.24, 2.45) is 13.0 Å². The van der Waals surface area contributed by atoms with Crippen LogP contribution in [0.1, 0.15) is 46.9 Å². The second-order valence-corrected chi connectivity index (χ2v) is 6.44. The van der Waals surface area contributed by atoms with Crippen molar-refractivity contribution in [1.82, 2.24) is 20.2 Å². The molecule has 0 aliphatic carbocycles. The Morgan fingerprint density at radius 3 is 2.55 bits per heavy atom. The van der Waals surface area contributed by atoms with Crippen LogP contribution in [0.4, 0.5) is 0 Å². The van der Waals surface area contributed by atoms with Gasteiger partial charge in [-0.15, -0.1) is 0 Å². The summed E-state index contributed by atoms with van der Waals surface area (Å²) in [6.07, 6.45) is 4.63. The Labute approximate surface area is 122 Å². The van der Waals surface area contributed by atoms with Gasteiger partial charge in [0.15, 0.2) is 0 Å². The number of amides is 1. The molecule has 5 nitrogen and oxygen atoms in total. The van der Waals surface area contributed by atoms with Crippen LogP contribution in [-0.4, -0.2) is 27.0 Å². The second kappa shape index (κ2) is 6.88. The molecule has 0 fully saturated rings. The normalized spacial score (nSPS) is 14.9. The number of imidazole rings is 1. The standard InChI is InChI=1S/C15H28N4O/c1-7-11(2)13(14(20)18-15(3,4)5)17-10-12-16-8-9-19(12)6/h8-9,11,13,17H,7,10H2,1-6H3,(H,18,20)/t11?,13-/m0/s1. The van der Waals surface area contributed by atoms with Gasteiger partial charge in [-0.05, 0) is 26.7 Å². The van der Waals surface area contributed by atoms with E-state index in [9.17, 15) is 4.79 Å². The molecule has 0 spiro atoms. The van der Waals surface area contributed by atoms with Crippen molar-refractivity contribution in [2.45, 2.75) is 59.2 Å². The van der Waals surface area contributed by atoms with Crippen molar-refractivity contribution in [1.29, 1.82) is 0 Å². The van der Waals surface area contributed by atoms with Gasteiger partial charge in [0.2, 0.25) is 5.91 Å². The molecular weight excluding hydrogens is 252 g/mol. The molecule has 1 amide bonds. The zero-order valence-electron chi connectivity index (χ0n) is 13.5. The summed E-state index contributed by atoms with van der Waals surface area (Å²) in [5.41, 5.74) is -0.215. The van der Waals surface area contributed by atoms with Crippen molar-refractivity contribution in [3.05, 3.63) is 18.2 Å². The van der Waals surface area contributed by atoms with Crippen LogP contribution in [0.2, 0.25) is 0 Å². The minimum Gasteiger partial charge on any atom is -0.350 e. The molecule has 1 aromatic rings. The molecule has 1 aromatic heterocycles. The molecule has 1 unspecified atom stereocenters. The third-order valence-electron chi connectivity index (χ3n) is 3.39. The van der Waals surface area contributed by atoms with Crippen molar-refractivity contribution in [3.8, 4) is 0 Å². The maximum Gasteiger partial charge on any atom is 0.237 e. The highest BCUT2D eigenvalue weighted by Crippen LogP contribution is 2.11. The Balaban J connectivity index is 2.70. The summed E-state index contributed by atoms with van der Waals surface area (Å²) in [6, 6.07) is -0.198. The Kier molecular flexibility index (Phi) is 5.74. The van der Waals surface area contributed by atoms with Gasteiger partial charge in [-0.2, -0.15) is 0 Å². The highest BCUT2D eigenvalue weighted by molar-refractivity contribution is 5.82. The lowest BCUT2D eigenvalue weighted by Gasteiger charge is -2.28. The number of rotatable bonds is 6. The number of aromatic nitrogens is 2. The number of hydrogen-bond donors (Lipinski definition) is 2. The fraction of sp³-hybridized carbons (Fsp3) is 0.733. The van der Waals surface area contributed by atoms with Crippen molar-refractivity contribution in [3.63, 3.8) is 0 Å². The third-order valence-corrected chi connectivity index (χ3v) is 3.39. The largest absolute Gasteiger partial charge is 0.350 e. The molecule has 1 heterocycles. The highest BCUT2D eigenvalue weighted by Gasteiger charge is 2.26. The molecule has 0 saturated heterocycles. The van der Waals surface area contributed by atoms with E-state index in [1.165, 1.54) is 0 Å². The average molecular weight is 280 g/mol. The maximum absolute atomic E-state index is 12.4. The first-order valence-corrected chi connectivity index (χ1v) is 7.26. The molecule has 114 valence electrons. The fourth-order valence-corrected chi connectivity index (χ4v) is 2.00. The van der Waals surface area contributed by atoms with Gasteiger partial charge < -0.3 is 9.88 Å². The van der Waals surface area contributed by atoms with Crippen LogP contribution in [0.15, 0.2) is 12.4 Å². The highest BCUT2D eigenvalue weighted by atomic mass is 16.2. The number of nitrogens with zero attached hydrogens (tertiary/aromatic N) is 2. The predicted octanol–water partition coefficient (Wildman–Crippen LogP) is 1.84. The molecule has 0 aliphatic rings. The lowest BCUT2D eigenvalue weighted by atomic mass is 9.97. The monoisotopic (exact) mass is 280 g/mol. The topological polar surface area (TPSA) is 59.0 Å². The fourth-order valence-electron chi connectivity index (χ4n) is 2.00. The molecule has 0 radical (unpaired) electrons. The molecule has 0 aromatic carbocycles. The lowest BCUT2D eigenvalue weighted by molar-refractivity contribution is -0.125. The van der Waals surface area contributed by atoms with E-state index in [2.05, 4.69) is 29.5 Å². The van der Waals surface area contributed by atoms with E-state index >= 15 is 0 Å². The minimum absolute atomic E-state index is 0.0565. The number of carbonyl (C=O) groups excluding carboxylic acids is 1. The first kappa shape index (κ1) is 16.7. The number of nitrogens with one attached hydrogen (secondary N) is 2. The zero-order valence-corrected chi connectivity index (χ0v) is 13.5. The predicted molar refractivity (Wildman–Crippen MR) is 81.2 cm³/mol. The summed E-state index contributed by atoms with van der Waals surface area (Å²) in [7, 11) is 1.96. The molecule has 0 aliphatic heterocycles. The molecule has 2 N–H and O–H groups in total. The van der Waals surface area contributed by atoms with E-state index in [0.717, 1.165) is 12.2 Å². The first-order chi connectivity index (χ1) is 9.24. The quantitative estimate of drug-likeness (QED) is 0.836. The van der Waals surface area contributed by atoms with Crippen LogP contribution in [0.5, 0.6) is 0 Å². The van der Waals surface area contributed by atoms with Crippen LogP contribution in [0.25, 0.3) is 0 Å². The third kappa shape index (κ3) is 4.96. The van der Waals surface area contributed by atoms with Gasteiger partial charge in [0.1, 0.15) is 5.82 Å². The van der Waals surface area contributed by atoms with E-state index in [4.69, 9.17) is 0 Å². The SMILES string of the molecule is CCC(C)[C@H](NCc1nccn1C)C(=O)NC(C)(C)C. The molecule has 0 saturated carbocycles. The van der Waals surface area contributed by atoms with E-state index in [0.29, 0.717) is 6.54 Å². The van der Waals surface area contributed by atoms with Crippen LogP contribution in [0.3, 0.4) is 0 Å². The Bertz CT molecular complexity index is 433. The summed E-state index contributed by atoms with van der Waals surface area (Å²) in [5.74, 6) is 1.26. The number of carbonyl (C=O) groups is 1. The van der Waals surface area contributed by atoms with Crippen molar-refractivity contribution >= 4 is 5.91 Å². The molecule has 0 bridgehead atoms. The summed E-state index contributed by atoms with van der Waals surface area (Å²) in [5, 5.41) is 6.39. The van der Waals surface area contributed by atoms with E-state index in [1.54, 1.807) is 6.20 Å². The Hall–Kier alpha value is -1.36. The Morgan fingerprint density at radius 1 is 1.45 bits per heavy atom. The summed E-state index contributed by atoms with van der Waals surface area (Å²) in [6.45, 7) is 10.8. The molecule has 5 heteroatoms. The van der Waals surface area contributed by atoms with Gasteiger partial charge in [-0.1, -0.05) is 20.3 Å². The molecule has 1 rings (SSSR count). The summed E-state index contributed by atoms with van der Waals surface area (Å²) < 4.78 is 1.96. The van der Waals surface area contributed by atoms with Crippen LogP contribution in [-0.2, 0) is 18.4 Å². The zero-order chi connectivity index (χ0) is 15.3. The van der Waals surface area contributed by atoms with Crippen LogP contribution < -0.4 is 10.6 Å². The van der Waals surface area contributed by atoms with E-state index in [1.807, 2.05) is 38.6 Å². The average Bonchev–Trinajstić information content (AvgIpc) is 2.72. The maximum atomic E-state index is 12.4. The van der Waals surface area contributed by atoms with Gasteiger partial charge in [-0.3, -0.25) is 10.1 Å². The summed E-state index contributed by atoms with van der Waals surface area (Å²) >= 11 is 0. The van der Waals surface area contributed by atoms with Gasteiger partial charge >= 0.3 is 0 Å². The van der Waals surface area contributed by atoms with Crippen LogP contribution >= 0.6 is 0 Å². The summed E-state index contributed by atoms with van der Waals surface area (Å²) in [4.78, 5) is 16.7. The van der Waals surface area contributed by atoms with Gasteiger partial charge in [0, 0.05) is 25.0 Å². The van der Waals surface area contributed by atoms with Gasteiger partial charge in [0.05, 0.1) is 12.6 Å². The van der Waals surface area contributed by atoms with Crippen LogP contribution in [0, 0.1) is 5.92 Å². The number of aryl methyl sites for hydroxylation is 1. The van der Waals surface area contributed by atoms with Crippen molar-refractivity contribution < 1.29 is 4.79 Å². The number of hydrogen-bond acceptors (Lipinski definition) is 3. The van der Waals surface area contributed by atoms with Crippen molar-refractivity contribution in [2.75, 3.05) is 0 Å². The van der Waals surface area contributed by atoms with E-state index in [-0.39, 0.29) is 23.4 Å². The van der Waals surface area contributed by atoms with Gasteiger partial charge in [-0.25, -0.2) is 4.98 Å². The molecule has 2 atom stereocenters. The second-order valence-electron chi connectivity index (χ2n) is 6.44. The lowest BCUT2D eigenvalue weighted by Crippen LogP contribution is -2.53. The van der Waals surface area contributed by atoms with E-state index < -0.39 is 0 Å². The Morgan fingerprint density at radius 2 is 2.10 bits per heavy atom. The van der Waals surface area contributed by atoms with Gasteiger partial charge in [0.25, 0.3) is 0 Å². The minimum atomic E-state index is -0.215. The first-order valence-electron chi connectivity index (χ1n) is 7.26. The molecular formula is C15H28N4O.